The van der Waals surface area contributed by atoms with Crippen LogP contribution in [0.2, 0.25) is 0 Å². The van der Waals surface area contributed by atoms with Gasteiger partial charge in [-0.15, -0.1) is 0 Å². The monoisotopic (exact) mass is 739 g/mol. The lowest BCUT2D eigenvalue weighted by atomic mass is 9.94. The lowest BCUT2D eigenvalue weighted by Gasteiger charge is -2.30. The molecule has 272 valence electrons. The molecule has 0 unspecified atom stereocenters. The van der Waals surface area contributed by atoms with E-state index in [1.807, 2.05) is 12.1 Å². The molecule has 10 aromatic carbocycles. The average molecular weight is 740 g/mol. The topological polar surface area (TPSA) is 16.4 Å². The molecule has 1 heterocycles. The van der Waals surface area contributed by atoms with Crippen molar-refractivity contribution in [3.8, 4) is 44.5 Å². The summed E-state index contributed by atoms with van der Waals surface area (Å²) >= 11 is 0. The van der Waals surface area contributed by atoms with Crippen molar-refractivity contribution in [2.45, 2.75) is 0 Å². The Bertz CT molecular complexity index is 3280. The van der Waals surface area contributed by atoms with Crippen LogP contribution in [0.3, 0.4) is 0 Å². The van der Waals surface area contributed by atoms with E-state index in [9.17, 15) is 0 Å². The summed E-state index contributed by atoms with van der Waals surface area (Å²) in [7, 11) is 0. The molecule has 0 aliphatic carbocycles. The maximum Gasteiger partial charge on any atom is 0.136 e. The lowest BCUT2D eigenvalue weighted by molar-refractivity contribution is 0.669. The van der Waals surface area contributed by atoms with E-state index in [-0.39, 0.29) is 0 Å². The van der Waals surface area contributed by atoms with Crippen LogP contribution in [0.1, 0.15) is 0 Å². The molecule has 0 N–H and O–H groups in total. The standard InChI is InChI=1S/C56H37NO/c1-2-15-43-37-44(32-29-38(43)13-1)39-27-30-41(31-28-39)47-18-5-8-23-52(47)57(53-24-9-6-19-50(53)49-22-11-16-40-14-3-4-17-46(40)49)45-35-33-42(34-36-45)48-21-12-26-55-56(48)51-20-7-10-25-54(51)58-55/h1-37H. The Hall–Kier alpha value is -7.68. The van der Waals surface area contributed by atoms with Gasteiger partial charge in [-0.3, -0.25) is 0 Å². The van der Waals surface area contributed by atoms with Crippen LogP contribution in [0.25, 0.3) is 88.0 Å². The van der Waals surface area contributed by atoms with Gasteiger partial charge in [-0.2, -0.15) is 0 Å². The molecular weight excluding hydrogens is 703 g/mol. The van der Waals surface area contributed by atoms with Crippen molar-refractivity contribution in [1.82, 2.24) is 0 Å². The number of furan rings is 1. The van der Waals surface area contributed by atoms with Gasteiger partial charge in [0.05, 0.1) is 11.4 Å². The van der Waals surface area contributed by atoms with Gasteiger partial charge in [0.25, 0.3) is 0 Å². The fraction of sp³-hybridized carbons (Fsp3) is 0. The van der Waals surface area contributed by atoms with Crippen LogP contribution in [0.15, 0.2) is 229 Å². The Kier molecular flexibility index (Phi) is 8.19. The maximum atomic E-state index is 6.27. The lowest BCUT2D eigenvalue weighted by Crippen LogP contribution is -2.12. The van der Waals surface area contributed by atoms with E-state index in [1.165, 1.54) is 43.8 Å². The van der Waals surface area contributed by atoms with E-state index in [2.05, 4.69) is 217 Å². The quantitative estimate of drug-likeness (QED) is 0.162. The molecule has 0 radical (unpaired) electrons. The summed E-state index contributed by atoms with van der Waals surface area (Å²) in [6.07, 6.45) is 0. The molecule has 1 aromatic heterocycles. The van der Waals surface area contributed by atoms with Gasteiger partial charge in [0.15, 0.2) is 0 Å². The maximum absolute atomic E-state index is 6.27. The SMILES string of the molecule is c1ccc(N(c2ccc(-c3cccc4oc5ccccc5c34)cc2)c2ccccc2-c2cccc3ccccc23)c(-c2ccc(-c3ccc4ccccc4c3)cc2)c1. The van der Waals surface area contributed by atoms with Crippen LogP contribution in [0.4, 0.5) is 17.1 Å². The third-order valence-electron chi connectivity index (χ3n) is 11.5. The summed E-state index contributed by atoms with van der Waals surface area (Å²) in [6, 6.07) is 80.8. The Morgan fingerprint density at radius 1 is 0.293 bits per heavy atom. The van der Waals surface area contributed by atoms with Crippen LogP contribution in [-0.4, -0.2) is 0 Å². The van der Waals surface area contributed by atoms with E-state index in [4.69, 9.17) is 4.42 Å². The van der Waals surface area contributed by atoms with Crippen molar-refractivity contribution in [3.05, 3.63) is 224 Å². The zero-order valence-electron chi connectivity index (χ0n) is 31.7. The molecule has 0 fully saturated rings. The van der Waals surface area contributed by atoms with Crippen molar-refractivity contribution < 1.29 is 4.42 Å². The molecule has 11 rings (SSSR count). The molecule has 58 heavy (non-hydrogen) atoms. The predicted octanol–water partition coefficient (Wildman–Crippen LogP) is 16.0. The molecule has 0 saturated heterocycles. The summed E-state index contributed by atoms with van der Waals surface area (Å²) in [5, 5.41) is 7.21. The molecule has 0 bridgehead atoms. The summed E-state index contributed by atoms with van der Waals surface area (Å²) in [6.45, 7) is 0. The first-order valence-corrected chi connectivity index (χ1v) is 19.8. The first kappa shape index (κ1) is 33.6. The fourth-order valence-corrected chi connectivity index (χ4v) is 8.69. The molecule has 11 aromatic rings. The van der Waals surface area contributed by atoms with Crippen molar-refractivity contribution in [2.75, 3.05) is 4.90 Å². The van der Waals surface area contributed by atoms with Crippen LogP contribution in [-0.2, 0) is 0 Å². The van der Waals surface area contributed by atoms with Gasteiger partial charge in [-0.05, 0) is 97.4 Å². The molecular formula is C56H37NO. The second kappa shape index (κ2) is 14.1. The second-order valence-electron chi connectivity index (χ2n) is 14.9. The normalized spacial score (nSPS) is 11.4. The number of rotatable bonds is 7. The first-order chi connectivity index (χ1) is 28.8. The molecule has 2 heteroatoms. The highest BCUT2D eigenvalue weighted by atomic mass is 16.3. The third-order valence-corrected chi connectivity index (χ3v) is 11.5. The first-order valence-electron chi connectivity index (χ1n) is 19.8. The van der Waals surface area contributed by atoms with E-state index >= 15 is 0 Å². The van der Waals surface area contributed by atoms with Gasteiger partial charge < -0.3 is 9.32 Å². The number of hydrogen-bond donors (Lipinski definition) is 0. The number of para-hydroxylation sites is 3. The minimum atomic E-state index is 0.897. The Morgan fingerprint density at radius 3 is 1.64 bits per heavy atom. The van der Waals surface area contributed by atoms with Gasteiger partial charge in [-0.1, -0.05) is 182 Å². The smallest absolute Gasteiger partial charge is 0.136 e. The molecule has 0 spiro atoms. The molecule has 2 nitrogen and oxygen atoms in total. The van der Waals surface area contributed by atoms with Gasteiger partial charge in [0.1, 0.15) is 11.2 Å². The summed E-state index contributed by atoms with van der Waals surface area (Å²) in [5.41, 5.74) is 14.5. The predicted molar refractivity (Wildman–Crippen MR) is 245 cm³/mol. The van der Waals surface area contributed by atoms with Gasteiger partial charge in [0, 0.05) is 27.6 Å². The zero-order valence-corrected chi connectivity index (χ0v) is 31.7. The van der Waals surface area contributed by atoms with Gasteiger partial charge in [-0.25, -0.2) is 0 Å². The minimum Gasteiger partial charge on any atom is -0.456 e. The van der Waals surface area contributed by atoms with Crippen molar-refractivity contribution in [2.24, 2.45) is 0 Å². The highest BCUT2D eigenvalue weighted by Crippen LogP contribution is 2.47. The second-order valence-corrected chi connectivity index (χ2v) is 14.9. The number of nitrogens with zero attached hydrogens (tertiary/aromatic N) is 1. The highest BCUT2D eigenvalue weighted by Gasteiger charge is 2.22. The largest absolute Gasteiger partial charge is 0.456 e. The molecule has 0 amide bonds. The Morgan fingerprint density at radius 2 is 0.810 bits per heavy atom. The van der Waals surface area contributed by atoms with Crippen LogP contribution in [0.5, 0.6) is 0 Å². The van der Waals surface area contributed by atoms with Crippen molar-refractivity contribution in [1.29, 1.82) is 0 Å². The van der Waals surface area contributed by atoms with E-state index in [0.717, 1.165) is 61.3 Å². The molecule has 0 aliphatic rings. The Balaban J connectivity index is 1.07. The number of fused-ring (bicyclic) bond motifs is 5. The Labute approximate surface area is 337 Å². The van der Waals surface area contributed by atoms with Gasteiger partial charge >= 0.3 is 0 Å². The van der Waals surface area contributed by atoms with Crippen LogP contribution in [0, 0.1) is 0 Å². The minimum absolute atomic E-state index is 0.897. The van der Waals surface area contributed by atoms with E-state index < -0.39 is 0 Å². The molecule has 0 atom stereocenters. The van der Waals surface area contributed by atoms with Gasteiger partial charge in [0.2, 0.25) is 0 Å². The molecule has 0 saturated carbocycles. The van der Waals surface area contributed by atoms with E-state index in [1.54, 1.807) is 0 Å². The molecule has 0 aliphatic heterocycles. The third kappa shape index (κ3) is 5.82. The van der Waals surface area contributed by atoms with Crippen LogP contribution >= 0.6 is 0 Å². The van der Waals surface area contributed by atoms with E-state index in [0.29, 0.717) is 0 Å². The van der Waals surface area contributed by atoms with Crippen LogP contribution < -0.4 is 4.90 Å². The van der Waals surface area contributed by atoms with Crippen molar-refractivity contribution in [3.63, 3.8) is 0 Å². The number of hydrogen-bond acceptors (Lipinski definition) is 2. The zero-order chi connectivity index (χ0) is 38.4. The fourth-order valence-electron chi connectivity index (χ4n) is 8.69. The number of benzene rings is 10. The highest BCUT2D eigenvalue weighted by molar-refractivity contribution is 6.12. The summed E-state index contributed by atoms with van der Waals surface area (Å²) < 4.78 is 6.27. The number of anilines is 3. The average Bonchev–Trinajstić information content (AvgIpc) is 3.69. The summed E-state index contributed by atoms with van der Waals surface area (Å²) in [5.74, 6) is 0. The van der Waals surface area contributed by atoms with Crippen molar-refractivity contribution >= 4 is 60.5 Å². The summed E-state index contributed by atoms with van der Waals surface area (Å²) in [4.78, 5) is 2.43.